The van der Waals surface area contributed by atoms with Crippen molar-refractivity contribution in [1.82, 2.24) is 5.32 Å². The van der Waals surface area contributed by atoms with Crippen molar-refractivity contribution in [3.8, 4) is 5.75 Å². The van der Waals surface area contributed by atoms with Crippen molar-refractivity contribution < 1.29 is 4.74 Å². The van der Waals surface area contributed by atoms with Crippen LogP contribution < -0.4 is 10.1 Å². The summed E-state index contributed by atoms with van der Waals surface area (Å²) in [5.41, 5.74) is 2.71. The van der Waals surface area contributed by atoms with E-state index in [4.69, 9.17) is 4.74 Å². The Labute approximate surface area is 126 Å². The average Bonchev–Trinajstić information content (AvgIpc) is 2.78. The predicted molar refractivity (Wildman–Crippen MR) is 86.7 cm³/mol. The van der Waals surface area contributed by atoms with Crippen LogP contribution in [-0.2, 0) is 0 Å². The summed E-state index contributed by atoms with van der Waals surface area (Å²) >= 11 is 2.05. The van der Waals surface area contributed by atoms with Crippen molar-refractivity contribution in [2.45, 2.75) is 56.9 Å². The monoisotopic (exact) mass is 291 g/mol. The van der Waals surface area contributed by atoms with Gasteiger partial charge in [-0.25, -0.2) is 0 Å². The fourth-order valence-corrected chi connectivity index (χ4v) is 4.80. The quantitative estimate of drug-likeness (QED) is 0.906. The van der Waals surface area contributed by atoms with Gasteiger partial charge in [-0.1, -0.05) is 24.6 Å². The van der Waals surface area contributed by atoms with Crippen molar-refractivity contribution in [2.75, 3.05) is 12.3 Å². The molecule has 20 heavy (non-hydrogen) atoms. The van der Waals surface area contributed by atoms with Gasteiger partial charge >= 0.3 is 0 Å². The highest BCUT2D eigenvalue weighted by Gasteiger charge is 2.48. The fraction of sp³-hybridized carbons (Fsp3) is 0.647. The summed E-state index contributed by atoms with van der Waals surface area (Å²) in [5.74, 6) is 2.33. The Bertz CT molecular complexity index is 490. The second-order valence-electron chi connectivity index (χ2n) is 6.18. The van der Waals surface area contributed by atoms with Crippen LogP contribution in [0.4, 0.5) is 0 Å². The molecule has 0 saturated carbocycles. The molecule has 1 spiro atoms. The summed E-state index contributed by atoms with van der Waals surface area (Å²) in [6, 6.07) is 7.07. The number of hydrogen-bond acceptors (Lipinski definition) is 3. The largest absolute Gasteiger partial charge is 0.486 e. The number of rotatable bonds is 3. The summed E-state index contributed by atoms with van der Waals surface area (Å²) in [5, 5.41) is 4.32. The van der Waals surface area contributed by atoms with E-state index in [1.54, 1.807) is 0 Å². The molecule has 3 heteroatoms. The van der Waals surface area contributed by atoms with Crippen LogP contribution in [0.25, 0.3) is 0 Å². The molecule has 110 valence electrons. The molecule has 3 unspecified atom stereocenters. The van der Waals surface area contributed by atoms with E-state index < -0.39 is 0 Å². The van der Waals surface area contributed by atoms with Crippen molar-refractivity contribution in [3.05, 3.63) is 29.3 Å². The third kappa shape index (κ3) is 2.46. The minimum atomic E-state index is 0.0400. The molecule has 1 N–H and O–H groups in total. The van der Waals surface area contributed by atoms with Gasteiger partial charge in [0.25, 0.3) is 0 Å². The first-order valence-corrected chi connectivity index (χ1v) is 8.84. The molecule has 0 aliphatic carbocycles. The lowest BCUT2D eigenvalue weighted by molar-refractivity contribution is 0.0353. The van der Waals surface area contributed by atoms with Gasteiger partial charge in [0.2, 0.25) is 0 Å². The molecule has 0 radical (unpaired) electrons. The topological polar surface area (TPSA) is 21.3 Å². The molecular weight excluding hydrogens is 266 g/mol. The lowest BCUT2D eigenvalue weighted by Gasteiger charge is -2.42. The van der Waals surface area contributed by atoms with E-state index >= 15 is 0 Å². The van der Waals surface area contributed by atoms with Crippen molar-refractivity contribution >= 4 is 11.8 Å². The Hall–Kier alpha value is -0.670. The molecule has 0 bridgehead atoms. The third-order valence-electron chi connectivity index (χ3n) is 4.68. The maximum atomic E-state index is 6.50. The Morgan fingerprint density at radius 3 is 3.00 bits per heavy atom. The number of thioether (sulfide) groups is 1. The van der Waals surface area contributed by atoms with Gasteiger partial charge in [-0.3, -0.25) is 0 Å². The molecule has 1 fully saturated rings. The van der Waals surface area contributed by atoms with Crippen LogP contribution in [0.5, 0.6) is 5.75 Å². The molecule has 0 amide bonds. The van der Waals surface area contributed by atoms with E-state index in [2.05, 4.69) is 56.0 Å². The van der Waals surface area contributed by atoms with Crippen molar-refractivity contribution in [2.24, 2.45) is 0 Å². The highest BCUT2D eigenvalue weighted by atomic mass is 32.2. The molecule has 2 nitrogen and oxygen atoms in total. The SMILES string of the molecule is CCCNC1CC2(CCSC2C)Oc2ccc(C)cc21. The van der Waals surface area contributed by atoms with Crippen LogP contribution in [0.1, 0.15) is 50.3 Å². The zero-order chi connectivity index (χ0) is 14.2. The third-order valence-corrected chi connectivity index (χ3v) is 6.05. The van der Waals surface area contributed by atoms with Gasteiger partial charge in [0.15, 0.2) is 0 Å². The molecular formula is C17H25NOS. The molecule has 2 aliphatic heterocycles. The van der Waals surface area contributed by atoms with Crippen LogP contribution in [0.3, 0.4) is 0 Å². The highest BCUT2D eigenvalue weighted by molar-refractivity contribution is 8.00. The molecule has 3 rings (SSSR count). The Morgan fingerprint density at radius 1 is 1.45 bits per heavy atom. The van der Waals surface area contributed by atoms with E-state index in [1.165, 1.54) is 29.7 Å². The molecule has 1 aromatic carbocycles. The number of ether oxygens (including phenoxy) is 1. The summed E-state index contributed by atoms with van der Waals surface area (Å²) in [4.78, 5) is 0. The van der Waals surface area contributed by atoms with Crippen LogP contribution in [-0.4, -0.2) is 23.1 Å². The van der Waals surface area contributed by atoms with Crippen LogP contribution in [0.15, 0.2) is 18.2 Å². The van der Waals surface area contributed by atoms with Crippen molar-refractivity contribution in [3.63, 3.8) is 0 Å². The standard InChI is InChI=1S/C17H25NOS/c1-4-8-18-15-11-17(7-9-20-13(17)3)19-16-6-5-12(2)10-14(15)16/h5-6,10,13,15,18H,4,7-9,11H2,1-3H3. The molecule has 0 aromatic heterocycles. The summed E-state index contributed by atoms with van der Waals surface area (Å²) in [7, 11) is 0. The van der Waals surface area contributed by atoms with E-state index in [0.29, 0.717) is 11.3 Å². The number of nitrogens with one attached hydrogen (secondary N) is 1. The molecule has 1 aromatic rings. The first-order valence-electron chi connectivity index (χ1n) is 7.79. The van der Waals surface area contributed by atoms with Gasteiger partial charge < -0.3 is 10.1 Å². The lowest BCUT2D eigenvalue weighted by Crippen LogP contribution is -2.48. The highest BCUT2D eigenvalue weighted by Crippen LogP contribution is 2.49. The smallest absolute Gasteiger partial charge is 0.125 e. The zero-order valence-corrected chi connectivity index (χ0v) is 13.6. The normalized spacial score (nSPS) is 32.1. The molecule has 2 heterocycles. The maximum absolute atomic E-state index is 6.50. The summed E-state index contributed by atoms with van der Waals surface area (Å²) < 4.78 is 6.50. The van der Waals surface area contributed by atoms with Gasteiger partial charge in [-0.15, -0.1) is 0 Å². The van der Waals surface area contributed by atoms with E-state index in [1.807, 2.05) is 0 Å². The summed E-state index contributed by atoms with van der Waals surface area (Å²) in [6.07, 6.45) is 3.46. The van der Waals surface area contributed by atoms with Gasteiger partial charge in [0.1, 0.15) is 11.4 Å². The fourth-order valence-electron chi connectivity index (χ4n) is 3.42. The minimum Gasteiger partial charge on any atom is -0.486 e. The molecule has 3 atom stereocenters. The Kier molecular flexibility index (Phi) is 4.00. The van der Waals surface area contributed by atoms with Gasteiger partial charge in [-0.05, 0) is 45.1 Å². The minimum absolute atomic E-state index is 0.0400. The van der Waals surface area contributed by atoms with Crippen molar-refractivity contribution in [1.29, 1.82) is 0 Å². The van der Waals surface area contributed by atoms with Crippen LogP contribution >= 0.6 is 11.8 Å². The molecule has 1 saturated heterocycles. The average molecular weight is 291 g/mol. The summed E-state index contributed by atoms with van der Waals surface area (Å²) in [6.45, 7) is 7.80. The number of aryl methyl sites for hydroxylation is 1. The first-order chi connectivity index (χ1) is 9.64. The van der Waals surface area contributed by atoms with E-state index in [9.17, 15) is 0 Å². The number of hydrogen-bond donors (Lipinski definition) is 1. The second kappa shape index (κ2) is 5.61. The van der Waals surface area contributed by atoms with Crippen LogP contribution in [0.2, 0.25) is 0 Å². The zero-order valence-electron chi connectivity index (χ0n) is 12.7. The lowest BCUT2D eigenvalue weighted by atomic mass is 9.83. The van der Waals surface area contributed by atoms with E-state index in [0.717, 1.165) is 18.7 Å². The Morgan fingerprint density at radius 2 is 2.30 bits per heavy atom. The predicted octanol–water partition coefficient (Wildman–Crippen LogP) is 4.08. The first kappa shape index (κ1) is 14.3. The van der Waals surface area contributed by atoms with Gasteiger partial charge in [-0.2, -0.15) is 11.8 Å². The Balaban J connectivity index is 1.94. The molecule has 2 aliphatic rings. The van der Waals surface area contributed by atoms with E-state index in [-0.39, 0.29) is 5.60 Å². The number of benzene rings is 1. The number of fused-ring (bicyclic) bond motifs is 1. The van der Waals surface area contributed by atoms with Gasteiger partial charge in [0, 0.05) is 23.3 Å². The van der Waals surface area contributed by atoms with Crippen LogP contribution in [0, 0.1) is 6.92 Å². The van der Waals surface area contributed by atoms with Gasteiger partial charge in [0.05, 0.1) is 0 Å². The second-order valence-corrected chi connectivity index (χ2v) is 7.63. The maximum Gasteiger partial charge on any atom is 0.125 e.